The van der Waals surface area contributed by atoms with Gasteiger partial charge in [0.15, 0.2) is 0 Å². The van der Waals surface area contributed by atoms with Gasteiger partial charge in [-0.2, -0.15) is 0 Å². The number of halogens is 1. The molecular weight excluding hydrogens is 314 g/mol. The van der Waals surface area contributed by atoms with Crippen LogP contribution in [-0.4, -0.2) is 38.7 Å². The van der Waals surface area contributed by atoms with Gasteiger partial charge in [-0.25, -0.2) is 13.1 Å². The summed E-state index contributed by atoms with van der Waals surface area (Å²) in [5.41, 5.74) is 0. The second kappa shape index (κ2) is 6.67. The smallest absolute Gasteiger partial charge is 0.305 e. The largest absolute Gasteiger partial charge is 0.481 e. The summed E-state index contributed by atoms with van der Waals surface area (Å²) >= 11 is 6.86. The summed E-state index contributed by atoms with van der Waals surface area (Å²) in [7, 11) is -2.48. The maximum absolute atomic E-state index is 12.1. The van der Waals surface area contributed by atoms with Crippen molar-refractivity contribution in [1.29, 1.82) is 0 Å². The third-order valence-electron chi connectivity index (χ3n) is 2.51. The number of carboxylic acids is 1. The fourth-order valence-corrected chi connectivity index (χ4v) is 4.24. The lowest BCUT2D eigenvalue weighted by atomic mass is 10.1. The Balaban J connectivity index is 2.95. The molecule has 2 atom stereocenters. The lowest BCUT2D eigenvalue weighted by Gasteiger charge is -2.22. The van der Waals surface area contributed by atoms with Crippen LogP contribution in [0.3, 0.4) is 0 Å². The summed E-state index contributed by atoms with van der Waals surface area (Å²) in [4.78, 5) is 10.7. The molecule has 1 aromatic rings. The van der Waals surface area contributed by atoms with E-state index in [0.29, 0.717) is 0 Å². The number of sulfonamides is 1. The molecule has 0 spiro atoms. The molecule has 0 bridgehead atoms. The van der Waals surface area contributed by atoms with Gasteiger partial charge in [-0.1, -0.05) is 11.6 Å². The van der Waals surface area contributed by atoms with Gasteiger partial charge in [0, 0.05) is 7.11 Å². The molecule has 1 rings (SSSR count). The minimum absolute atomic E-state index is 0.0575. The van der Waals surface area contributed by atoms with Crippen LogP contribution in [0.15, 0.2) is 16.3 Å². The molecule has 0 aromatic carbocycles. The van der Waals surface area contributed by atoms with Crippen molar-refractivity contribution in [3.05, 3.63) is 15.8 Å². The van der Waals surface area contributed by atoms with Gasteiger partial charge < -0.3 is 9.84 Å². The Morgan fingerprint density at radius 2 is 2.26 bits per heavy atom. The van der Waals surface area contributed by atoms with Crippen LogP contribution >= 0.6 is 22.9 Å². The molecule has 0 radical (unpaired) electrons. The predicted octanol–water partition coefficient (Wildman–Crippen LogP) is 1.56. The van der Waals surface area contributed by atoms with Crippen LogP contribution in [0.1, 0.15) is 13.3 Å². The highest BCUT2D eigenvalue weighted by Crippen LogP contribution is 2.27. The molecule has 0 aliphatic rings. The number of nitrogens with one attached hydrogen (secondary N) is 1. The monoisotopic (exact) mass is 327 g/mol. The molecule has 0 saturated carbocycles. The van der Waals surface area contributed by atoms with Gasteiger partial charge in [0.25, 0.3) is 0 Å². The van der Waals surface area contributed by atoms with Crippen LogP contribution in [-0.2, 0) is 19.6 Å². The summed E-state index contributed by atoms with van der Waals surface area (Å²) < 4.78 is 31.6. The van der Waals surface area contributed by atoms with Crippen molar-refractivity contribution < 1.29 is 23.1 Å². The molecule has 2 N–H and O–H groups in total. The highest BCUT2D eigenvalue weighted by atomic mass is 35.5. The molecule has 9 heteroatoms. The molecule has 6 nitrogen and oxygen atoms in total. The Morgan fingerprint density at radius 1 is 1.63 bits per heavy atom. The van der Waals surface area contributed by atoms with Crippen LogP contribution in [0.5, 0.6) is 0 Å². The first-order chi connectivity index (χ1) is 8.77. The highest BCUT2D eigenvalue weighted by molar-refractivity contribution is 7.89. The number of hydrogen-bond donors (Lipinski definition) is 2. The predicted molar refractivity (Wildman–Crippen MR) is 72.2 cm³/mol. The molecule has 108 valence electrons. The van der Waals surface area contributed by atoms with E-state index >= 15 is 0 Å². The summed E-state index contributed by atoms with van der Waals surface area (Å²) in [6, 6.07) is 0.494. The zero-order valence-corrected chi connectivity index (χ0v) is 12.7. The van der Waals surface area contributed by atoms with Crippen molar-refractivity contribution in [2.75, 3.05) is 7.11 Å². The van der Waals surface area contributed by atoms with E-state index in [9.17, 15) is 13.2 Å². The highest BCUT2D eigenvalue weighted by Gasteiger charge is 2.28. The van der Waals surface area contributed by atoms with E-state index < -0.39 is 28.1 Å². The first-order valence-electron chi connectivity index (χ1n) is 5.28. The summed E-state index contributed by atoms with van der Waals surface area (Å²) in [6.07, 6.45) is -0.959. The van der Waals surface area contributed by atoms with Crippen LogP contribution in [0.4, 0.5) is 0 Å². The number of hydrogen-bond acceptors (Lipinski definition) is 5. The molecule has 0 unspecified atom stereocenters. The summed E-state index contributed by atoms with van der Waals surface area (Å²) in [6.45, 7) is 1.59. The average molecular weight is 328 g/mol. The first kappa shape index (κ1) is 16.4. The second-order valence-electron chi connectivity index (χ2n) is 3.83. The maximum Gasteiger partial charge on any atom is 0.305 e. The summed E-state index contributed by atoms with van der Waals surface area (Å²) in [5, 5.41) is 10.3. The van der Waals surface area contributed by atoms with Crippen molar-refractivity contribution in [3.8, 4) is 0 Å². The molecule has 0 saturated heterocycles. The van der Waals surface area contributed by atoms with E-state index in [-0.39, 0.29) is 15.7 Å². The zero-order chi connectivity index (χ0) is 14.6. The number of methoxy groups -OCH3 is 1. The third-order valence-corrected chi connectivity index (χ3v) is 5.46. The maximum atomic E-state index is 12.1. The van der Waals surface area contributed by atoms with Gasteiger partial charge in [0.05, 0.1) is 18.6 Å². The van der Waals surface area contributed by atoms with Crippen molar-refractivity contribution in [3.63, 3.8) is 0 Å². The first-order valence-corrected chi connectivity index (χ1v) is 8.02. The molecule has 0 fully saturated rings. The van der Waals surface area contributed by atoms with E-state index in [0.717, 1.165) is 11.3 Å². The van der Waals surface area contributed by atoms with Crippen molar-refractivity contribution in [1.82, 2.24) is 4.72 Å². The number of thiophene rings is 1. The topological polar surface area (TPSA) is 92.7 Å². The number of carbonyl (C=O) groups is 1. The van der Waals surface area contributed by atoms with Gasteiger partial charge in [-0.05, 0) is 18.4 Å². The second-order valence-corrected chi connectivity index (χ2v) is 7.03. The normalized spacial score (nSPS) is 15.1. The average Bonchev–Trinajstić information content (AvgIpc) is 2.73. The molecular formula is C10H14ClNO5S2. The van der Waals surface area contributed by atoms with Gasteiger partial charge in [0.1, 0.15) is 9.23 Å². The molecule has 1 aromatic heterocycles. The quantitative estimate of drug-likeness (QED) is 0.792. The van der Waals surface area contributed by atoms with Crippen LogP contribution in [0.25, 0.3) is 0 Å². The van der Waals surface area contributed by atoms with Gasteiger partial charge in [-0.15, -0.1) is 11.3 Å². The van der Waals surface area contributed by atoms with E-state index in [1.54, 1.807) is 12.3 Å². The SMILES string of the molecule is CO[C@H](C)[C@@H](CC(=O)O)NS(=O)(=O)c1ccsc1Cl. The molecule has 0 aliphatic carbocycles. The van der Waals surface area contributed by atoms with Crippen molar-refractivity contribution >= 4 is 38.9 Å². The molecule has 19 heavy (non-hydrogen) atoms. The minimum Gasteiger partial charge on any atom is -0.481 e. The number of rotatable bonds is 7. The Kier molecular flexibility index (Phi) is 5.75. The standard InChI is InChI=1S/C10H14ClNO5S2/c1-6(17-2)7(5-9(13)14)12-19(15,16)8-3-4-18-10(8)11/h3-4,6-7,12H,5H2,1-2H3,(H,13,14)/t6-,7-/m1/s1. The van der Waals surface area contributed by atoms with E-state index in [1.807, 2.05) is 0 Å². The Morgan fingerprint density at radius 3 is 2.68 bits per heavy atom. The number of ether oxygens (including phenoxy) is 1. The Bertz CT molecular complexity index is 542. The lowest BCUT2D eigenvalue weighted by molar-refractivity contribution is -0.138. The molecule has 0 amide bonds. The van der Waals surface area contributed by atoms with Crippen molar-refractivity contribution in [2.45, 2.75) is 30.4 Å². The number of carboxylic acid groups (broad SMARTS) is 1. The zero-order valence-electron chi connectivity index (χ0n) is 10.3. The van der Waals surface area contributed by atoms with Crippen LogP contribution in [0, 0.1) is 0 Å². The lowest BCUT2D eigenvalue weighted by Crippen LogP contribution is -2.44. The fraction of sp³-hybridized carbons (Fsp3) is 0.500. The van der Waals surface area contributed by atoms with Gasteiger partial charge in [-0.3, -0.25) is 4.79 Å². The van der Waals surface area contributed by atoms with Crippen LogP contribution < -0.4 is 4.72 Å². The minimum atomic E-state index is -3.86. The van der Waals surface area contributed by atoms with E-state index in [1.165, 1.54) is 13.2 Å². The molecule has 0 aliphatic heterocycles. The van der Waals surface area contributed by atoms with Crippen molar-refractivity contribution in [2.24, 2.45) is 0 Å². The van der Waals surface area contributed by atoms with E-state index in [2.05, 4.69) is 4.72 Å². The van der Waals surface area contributed by atoms with E-state index in [4.69, 9.17) is 21.4 Å². The Labute approximate surface area is 120 Å². The van der Waals surface area contributed by atoms with Gasteiger partial charge in [0.2, 0.25) is 10.0 Å². The Hall–Kier alpha value is -0.670. The number of aliphatic carboxylic acids is 1. The third kappa shape index (κ3) is 4.43. The fourth-order valence-electron chi connectivity index (χ4n) is 1.39. The van der Waals surface area contributed by atoms with Gasteiger partial charge >= 0.3 is 5.97 Å². The summed E-state index contributed by atoms with van der Waals surface area (Å²) in [5.74, 6) is -1.12. The van der Waals surface area contributed by atoms with Crippen LogP contribution in [0.2, 0.25) is 4.34 Å². The molecule has 1 heterocycles.